The summed E-state index contributed by atoms with van der Waals surface area (Å²) in [7, 11) is 3.74. The molecule has 0 bridgehead atoms. The minimum atomic E-state index is -1.85. The van der Waals surface area contributed by atoms with Gasteiger partial charge in [-0.25, -0.2) is 0 Å². The van der Waals surface area contributed by atoms with Crippen LogP contribution in [0.4, 0.5) is 0 Å². The fourth-order valence-electron chi connectivity index (χ4n) is 8.85. The van der Waals surface area contributed by atoms with Gasteiger partial charge in [0, 0.05) is 63.4 Å². The van der Waals surface area contributed by atoms with Gasteiger partial charge in [-0.1, -0.05) is 62.4 Å². The van der Waals surface area contributed by atoms with E-state index in [9.17, 15) is 68.1 Å². The number of carbonyl (C=O) groups excluding carboxylic acids is 10. The van der Waals surface area contributed by atoms with Crippen LogP contribution in [0.25, 0.3) is 10.9 Å². The minimum absolute atomic E-state index is 0.0733. The molecule has 83 heavy (non-hydrogen) atoms. The number of primary amides is 1. The Balaban J connectivity index is 1.81. The highest BCUT2D eigenvalue weighted by atomic mass is 32.2. The quantitative estimate of drug-likeness (QED) is 0.0388. The lowest BCUT2D eigenvalue weighted by molar-refractivity contribution is -0.145. The molecular formula is C53H77N15O14S. The van der Waals surface area contributed by atoms with Gasteiger partial charge >= 0.3 is 5.97 Å². The first-order valence-electron chi connectivity index (χ1n) is 26.6. The Morgan fingerprint density at radius 3 is 2.06 bits per heavy atom. The SMILES string of the molecule is CC(C)[C@@H]1NC(=O)[C@H](CC(=O)O)NC(=O)[C@H](C)N(C)C(=O)[C@@H](Cc2c[nH]c3ccccc23)NC(=O)CSC[C@@H](C(=O)NCC(N)=O)NC(=O)[C@H](Cc2ccccc2)N(C)C(=O)[C@H](CCCNC(=N)N)NC(=O)CNC(O)[C@H](CO)N(C)C1=O. The van der Waals surface area contributed by atoms with Crippen molar-refractivity contribution in [3.05, 3.63) is 71.9 Å². The van der Waals surface area contributed by atoms with Crippen LogP contribution in [-0.4, -0.2) is 219 Å². The zero-order valence-electron chi connectivity index (χ0n) is 47.1. The molecule has 17 N–H and O–H groups in total. The molecule has 1 fully saturated rings. The number of amides is 10. The number of rotatable bonds is 15. The predicted octanol–water partition coefficient (Wildman–Crippen LogP) is -4.48. The van der Waals surface area contributed by atoms with Crippen molar-refractivity contribution in [1.29, 1.82) is 5.41 Å². The summed E-state index contributed by atoms with van der Waals surface area (Å²) in [5, 5.41) is 60.1. The van der Waals surface area contributed by atoms with Crippen molar-refractivity contribution in [1.82, 2.24) is 62.2 Å². The standard InChI is InChI=1S/C53H77N15O14S/c1-28(2)44-52(82)68(6)39(25-69)48(78)60-24-41(71)61-34(17-12-18-57-53(55)56)50(80)67(5)38(19-30-13-8-7-9-14-30)49(79)64-37(46(76)59-23-40(54)70)26-83-27-42(72)62-36(20-31-22-58-33-16-11-10-15-32(31)33)51(81)66(4)29(3)45(75)63-35(21-43(73)74)47(77)65-44/h7-11,13-16,22,28-29,34-39,44,48,58,60,69,78H,12,17-21,23-27H2,1-6H3,(H2,54,70)(H,59,76)(H,61,71)(H,62,72)(H,63,75)(H,64,79)(H,65,77)(H,73,74)(H4,55,56,57)/t29-,34-,35-,36+,37-,38-,39-,44-,48?/m0/s1. The number of aromatic amines is 1. The molecule has 1 unspecified atom stereocenters. The van der Waals surface area contributed by atoms with E-state index in [0.717, 1.165) is 26.5 Å². The Morgan fingerprint density at radius 2 is 1.42 bits per heavy atom. The highest BCUT2D eigenvalue weighted by molar-refractivity contribution is 8.00. The van der Waals surface area contributed by atoms with E-state index in [1.807, 2.05) is 0 Å². The lowest BCUT2D eigenvalue weighted by Gasteiger charge is -2.35. The van der Waals surface area contributed by atoms with Crippen molar-refractivity contribution < 1.29 is 68.1 Å². The van der Waals surface area contributed by atoms with Gasteiger partial charge < -0.3 is 83.7 Å². The molecule has 2 aromatic carbocycles. The number of hydrogen-bond donors (Lipinski definition) is 15. The highest BCUT2D eigenvalue weighted by Crippen LogP contribution is 2.21. The zero-order chi connectivity index (χ0) is 61.7. The minimum Gasteiger partial charge on any atom is -0.481 e. The van der Waals surface area contributed by atoms with E-state index >= 15 is 0 Å². The number of carboxylic acid groups (broad SMARTS) is 1. The van der Waals surface area contributed by atoms with Crippen LogP contribution in [0.5, 0.6) is 0 Å². The number of likely N-dealkylation sites (N-methyl/N-ethyl adjacent to an activating group) is 3. The van der Waals surface area contributed by atoms with E-state index in [1.54, 1.807) is 74.6 Å². The molecule has 2 heterocycles. The Morgan fingerprint density at radius 1 is 0.771 bits per heavy atom. The predicted molar refractivity (Wildman–Crippen MR) is 304 cm³/mol. The number of aliphatic hydroxyl groups is 2. The first kappa shape index (κ1) is 67.2. The van der Waals surface area contributed by atoms with Gasteiger partial charge in [0.15, 0.2) is 5.96 Å². The molecule has 0 saturated carbocycles. The number of nitrogens with zero attached hydrogens (tertiary/aromatic N) is 3. The van der Waals surface area contributed by atoms with Gasteiger partial charge in [0.05, 0.1) is 37.9 Å². The number of aliphatic hydroxyl groups excluding tert-OH is 2. The van der Waals surface area contributed by atoms with Crippen molar-refractivity contribution in [2.24, 2.45) is 17.4 Å². The van der Waals surface area contributed by atoms with Gasteiger partial charge in [-0.2, -0.15) is 0 Å². The summed E-state index contributed by atoms with van der Waals surface area (Å²) in [5.41, 5.74) is 12.7. The number of hydrogen-bond acceptors (Lipinski definition) is 16. The number of H-pyrrole nitrogens is 1. The molecule has 1 saturated heterocycles. The molecule has 0 spiro atoms. The molecule has 0 aliphatic carbocycles. The number of nitrogens with two attached hydrogens (primary N) is 2. The van der Waals surface area contributed by atoms with E-state index in [4.69, 9.17) is 16.9 Å². The van der Waals surface area contributed by atoms with Crippen LogP contribution in [0.2, 0.25) is 0 Å². The van der Waals surface area contributed by atoms with Crippen LogP contribution in [-0.2, 0) is 65.6 Å². The van der Waals surface area contributed by atoms with Crippen molar-refractivity contribution in [3.63, 3.8) is 0 Å². The lowest BCUT2D eigenvalue weighted by atomic mass is 10.0. The number of para-hydroxylation sites is 1. The maximum atomic E-state index is 14.6. The third-order valence-corrected chi connectivity index (χ3v) is 14.8. The van der Waals surface area contributed by atoms with E-state index in [1.165, 1.54) is 28.1 Å². The smallest absolute Gasteiger partial charge is 0.305 e. The summed E-state index contributed by atoms with van der Waals surface area (Å²) in [6.45, 7) is 2.18. The summed E-state index contributed by atoms with van der Waals surface area (Å²) in [6.07, 6.45) is -1.43. The molecule has 30 heteroatoms. The maximum Gasteiger partial charge on any atom is 0.305 e. The number of aromatic nitrogens is 1. The Labute approximate surface area is 483 Å². The van der Waals surface area contributed by atoms with E-state index in [0.29, 0.717) is 22.0 Å². The summed E-state index contributed by atoms with van der Waals surface area (Å²) in [6, 6.07) is 3.73. The average Bonchev–Trinajstić information content (AvgIpc) is 4.08. The fraction of sp³-hybridized carbons (Fsp3) is 0.509. The Kier molecular flexibility index (Phi) is 26.2. The first-order chi connectivity index (χ1) is 39.2. The molecule has 1 aliphatic heterocycles. The molecule has 454 valence electrons. The zero-order valence-corrected chi connectivity index (χ0v) is 47.9. The van der Waals surface area contributed by atoms with Crippen molar-refractivity contribution >= 4 is 93.7 Å². The van der Waals surface area contributed by atoms with Crippen LogP contribution in [0.1, 0.15) is 51.2 Å². The Bertz CT molecular complexity index is 2800. The molecule has 1 aliphatic rings. The molecular weight excluding hydrogens is 1100 g/mol. The van der Waals surface area contributed by atoms with Gasteiger partial charge in [-0.3, -0.25) is 63.5 Å². The van der Waals surface area contributed by atoms with Gasteiger partial charge in [0.2, 0.25) is 59.1 Å². The second-order valence-electron chi connectivity index (χ2n) is 20.2. The van der Waals surface area contributed by atoms with Gasteiger partial charge in [0.25, 0.3) is 0 Å². The molecule has 4 rings (SSSR count). The first-order valence-corrected chi connectivity index (χ1v) is 27.7. The van der Waals surface area contributed by atoms with Gasteiger partial charge in [0.1, 0.15) is 48.5 Å². The number of thioether (sulfide) groups is 1. The van der Waals surface area contributed by atoms with E-state index in [2.05, 4.69) is 47.5 Å². The molecule has 10 amide bonds. The topological polar surface area (TPSA) is 446 Å². The summed E-state index contributed by atoms with van der Waals surface area (Å²) >= 11 is 0.843. The number of carbonyl (C=O) groups is 11. The third-order valence-electron chi connectivity index (χ3n) is 13.7. The van der Waals surface area contributed by atoms with Gasteiger partial charge in [-0.15, -0.1) is 11.8 Å². The monoisotopic (exact) mass is 1180 g/mol. The molecule has 29 nitrogen and oxygen atoms in total. The number of fused-ring (bicyclic) bond motifs is 1. The number of guanidine groups is 1. The third kappa shape index (κ3) is 20.2. The summed E-state index contributed by atoms with van der Waals surface area (Å²) in [4.78, 5) is 157. The summed E-state index contributed by atoms with van der Waals surface area (Å²) < 4.78 is 0. The van der Waals surface area contributed by atoms with E-state index in [-0.39, 0.29) is 43.9 Å². The van der Waals surface area contributed by atoms with Crippen LogP contribution < -0.4 is 54.0 Å². The van der Waals surface area contributed by atoms with Crippen molar-refractivity contribution in [3.8, 4) is 0 Å². The van der Waals surface area contributed by atoms with Crippen molar-refractivity contribution in [2.45, 2.75) is 107 Å². The molecule has 9 atom stereocenters. The highest BCUT2D eigenvalue weighted by Gasteiger charge is 2.39. The molecule has 0 radical (unpaired) electrons. The number of nitrogens with one attached hydrogen (secondary N) is 10. The summed E-state index contributed by atoms with van der Waals surface area (Å²) in [5.74, 6) is -12.3. The normalized spacial score (nSPS) is 24.0. The average molecular weight is 1180 g/mol. The number of aliphatic carboxylic acids is 1. The molecule has 3 aromatic rings. The fourth-order valence-corrected chi connectivity index (χ4v) is 9.71. The lowest BCUT2D eigenvalue weighted by Crippen LogP contribution is -2.61. The van der Waals surface area contributed by atoms with Crippen LogP contribution >= 0.6 is 11.8 Å². The van der Waals surface area contributed by atoms with Gasteiger partial charge in [-0.05, 0) is 42.9 Å². The van der Waals surface area contributed by atoms with E-state index < -0.39 is 157 Å². The van der Waals surface area contributed by atoms with Crippen molar-refractivity contribution in [2.75, 3.05) is 58.9 Å². The largest absolute Gasteiger partial charge is 0.481 e. The van der Waals surface area contributed by atoms with Crippen LogP contribution in [0.3, 0.4) is 0 Å². The number of benzene rings is 2. The second-order valence-corrected chi connectivity index (χ2v) is 21.3. The van der Waals surface area contributed by atoms with Crippen LogP contribution in [0, 0.1) is 11.3 Å². The molecule has 1 aromatic heterocycles. The van der Waals surface area contributed by atoms with Crippen LogP contribution in [0.15, 0.2) is 60.8 Å². The Hall–Kier alpha value is -8.35. The maximum absolute atomic E-state index is 14.6. The second kappa shape index (κ2) is 32.3. The number of carboxylic acids is 1.